The zero-order valence-corrected chi connectivity index (χ0v) is 20.0. The third kappa shape index (κ3) is 6.89. The van der Waals surface area contributed by atoms with Crippen molar-refractivity contribution >= 4 is 33.7 Å². The fourth-order valence-electron chi connectivity index (χ4n) is 3.27. The van der Waals surface area contributed by atoms with Crippen LogP contribution in [0.15, 0.2) is 53.4 Å². The van der Waals surface area contributed by atoms with Crippen LogP contribution in [0, 0.1) is 6.92 Å². The summed E-state index contributed by atoms with van der Waals surface area (Å²) in [6, 6.07) is 11.8. The topological polar surface area (TPSA) is 111 Å². The summed E-state index contributed by atoms with van der Waals surface area (Å²) < 4.78 is 42.9. The molecule has 2 aromatic carbocycles. The Morgan fingerprint density at radius 1 is 1.12 bits per heavy atom. The van der Waals surface area contributed by atoms with Gasteiger partial charge in [0, 0.05) is 24.9 Å². The molecule has 0 radical (unpaired) electrons. The summed E-state index contributed by atoms with van der Waals surface area (Å²) >= 11 is 0. The molecule has 1 aliphatic heterocycles. The van der Waals surface area contributed by atoms with Crippen molar-refractivity contribution in [3.05, 3.63) is 59.7 Å². The minimum Gasteiger partial charge on any atom is -0.494 e. The largest absolute Gasteiger partial charge is 0.494 e. The molecule has 1 heterocycles. The molecule has 10 heteroatoms. The van der Waals surface area contributed by atoms with Gasteiger partial charge in [0.1, 0.15) is 5.75 Å². The van der Waals surface area contributed by atoms with Gasteiger partial charge in [-0.1, -0.05) is 18.2 Å². The Labute approximate surface area is 199 Å². The summed E-state index contributed by atoms with van der Waals surface area (Å²) in [5.41, 5.74) is 1.64. The summed E-state index contributed by atoms with van der Waals surface area (Å²) in [5, 5.41) is 2.57. The zero-order valence-electron chi connectivity index (χ0n) is 19.2. The average Bonchev–Trinajstić information content (AvgIpc) is 2.84. The molecule has 1 N–H and O–H groups in total. The maximum absolute atomic E-state index is 13.0. The third-order valence-electron chi connectivity index (χ3n) is 5.01. The molecule has 0 aromatic heterocycles. The van der Waals surface area contributed by atoms with Gasteiger partial charge in [-0.2, -0.15) is 4.31 Å². The van der Waals surface area contributed by atoms with Gasteiger partial charge in [-0.05, 0) is 55.3 Å². The SMILES string of the molecule is CCOc1ccc(/C=C/C(=O)OCC(=O)Nc2ccc(C)c(S(=O)(=O)N3CCOCC3)c2)cc1. The number of carbonyl (C=O) groups is 2. The Hall–Kier alpha value is -3.21. The van der Waals surface area contributed by atoms with Gasteiger partial charge in [0.15, 0.2) is 6.61 Å². The van der Waals surface area contributed by atoms with E-state index < -0.39 is 28.5 Å². The molecule has 34 heavy (non-hydrogen) atoms. The van der Waals surface area contributed by atoms with Crippen LogP contribution in [0.5, 0.6) is 5.75 Å². The van der Waals surface area contributed by atoms with E-state index in [4.69, 9.17) is 14.2 Å². The van der Waals surface area contributed by atoms with Gasteiger partial charge in [-0.25, -0.2) is 13.2 Å². The highest BCUT2D eigenvalue weighted by atomic mass is 32.2. The van der Waals surface area contributed by atoms with E-state index in [2.05, 4.69) is 5.32 Å². The van der Waals surface area contributed by atoms with Crippen LogP contribution in [0.25, 0.3) is 6.08 Å². The Kier molecular flexibility index (Phi) is 8.80. The van der Waals surface area contributed by atoms with Crippen LogP contribution in [-0.4, -0.2) is 64.1 Å². The van der Waals surface area contributed by atoms with Gasteiger partial charge < -0.3 is 19.5 Å². The second-order valence-electron chi connectivity index (χ2n) is 7.49. The van der Waals surface area contributed by atoms with Crippen molar-refractivity contribution < 1.29 is 32.2 Å². The Morgan fingerprint density at radius 3 is 2.50 bits per heavy atom. The smallest absolute Gasteiger partial charge is 0.331 e. The zero-order chi connectivity index (χ0) is 24.6. The number of carbonyl (C=O) groups excluding carboxylic acids is 2. The molecule has 0 atom stereocenters. The molecule has 1 fully saturated rings. The van der Waals surface area contributed by atoms with E-state index in [1.165, 1.54) is 16.4 Å². The van der Waals surface area contributed by atoms with Crippen molar-refractivity contribution in [2.75, 3.05) is 44.8 Å². The highest BCUT2D eigenvalue weighted by molar-refractivity contribution is 7.89. The standard InChI is InChI=1S/C24H28N2O7S/c1-3-32-21-9-5-19(6-10-21)7-11-24(28)33-17-23(27)25-20-8-4-18(2)22(16-20)34(29,30)26-12-14-31-15-13-26/h4-11,16H,3,12-15,17H2,1-2H3,(H,25,27)/b11-7+. The van der Waals surface area contributed by atoms with E-state index in [1.54, 1.807) is 49.4 Å². The maximum Gasteiger partial charge on any atom is 0.331 e. The first-order valence-electron chi connectivity index (χ1n) is 10.9. The molecular weight excluding hydrogens is 460 g/mol. The lowest BCUT2D eigenvalue weighted by Gasteiger charge is -2.26. The lowest BCUT2D eigenvalue weighted by molar-refractivity contribution is -0.142. The number of anilines is 1. The van der Waals surface area contributed by atoms with Crippen LogP contribution in [-0.2, 0) is 29.1 Å². The molecule has 0 unspecified atom stereocenters. The summed E-state index contributed by atoms with van der Waals surface area (Å²) in [6.45, 7) is 4.88. The van der Waals surface area contributed by atoms with Gasteiger partial charge in [-0.15, -0.1) is 0 Å². The predicted octanol–water partition coefficient (Wildman–Crippen LogP) is 2.61. The molecule has 0 spiro atoms. The number of nitrogens with one attached hydrogen (secondary N) is 1. The van der Waals surface area contributed by atoms with Crippen LogP contribution < -0.4 is 10.1 Å². The molecule has 0 bridgehead atoms. The third-order valence-corrected chi connectivity index (χ3v) is 7.05. The molecule has 0 saturated carbocycles. The highest BCUT2D eigenvalue weighted by Gasteiger charge is 2.28. The highest BCUT2D eigenvalue weighted by Crippen LogP contribution is 2.24. The van der Waals surface area contributed by atoms with Crippen molar-refractivity contribution in [1.29, 1.82) is 0 Å². The fraction of sp³-hybridized carbons (Fsp3) is 0.333. The number of hydrogen-bond acceptors (Lipinski definition) is 7. The molecule has 3 rings (SSSR count). The summed E-state index contributed by atoms with van der Waals surface area (Å²) in [4.78, 5) is 24.3. The van der Waals surface area contributed by atoms with Gasteiger partial charge in [0.2, 0.25) is 10.0 Å². The summed E-state index contributed by atoms with van der Waals surface area (Å²) in [6.07, 6.45) is 2.79. The van der Waals surface area contributed by atoms with Crippen LogP contribution in [0.4, 0.5) is 5.69 Å². The molecule has 1 saturated heterocycles. The molecule has 0 aliphatic carbocycles. The second kappa shape index (κ2) is 11.8. The van der Waals surface area contributed by atoms with Crippen molar-refractivity contribution in [3.8, 4) is 5.75 Å². The molecule has 182 valence electrons. The number of ether oxygens (including phenoxy) is 3. The summed E-state index contributed by atoms with van der Waals surface area (Å²) in [7, 11) is -3.72. The lowest BCUT2D eigenvalue weighted by Crippen LogP contribution is -2.40. The summed E-state index contributed by atoms with van der Waals surface area (Å²) in [5.74, 6) is -0.527. The molecule has 1 amide bonds. The first kappa shape index (κ1) is 25.4. The Balaban J connectivity index is 1.55. The van der Waals surface area contributed by atoms with Crippen molar-refractivity contribution in [3.63, 3.8) is 0 Å². The molecule has 2 aromatic rings. The number of amides is 1. The quantitative estimate of drug-likeness (QED) is 0.427. The van der Waals surface area contributed by atoms with E-state index in [9.17, 15) is 18.0 Å². The van der Waals surface area contributed by atoms with Crippen LogP contribution in [0.3, 0.4) is 0 Å². The van der Waals surface area contributed by atoms with Crippen LogP contribution in [0.1, 0.15) is 18.1 Å². The molecule has 1 aliphatic rings. The van der Waals surface area contributed by atoms with Crippen molar-refractivity contribution in [1.82, 2.24) is 4.31 Å². The van der Waals surface area contributed by atoms with Gasteiger partial charge in [0.25, 0.3) is 5.91 Å². The number of esters is 1. The average molecular weight is 489 g/mol. The minimum absolute atomic E-state index is 0.113. The van der Waals surface area contributed by atoms with Crippen LogP contribution >= 0.6 is 0 Å². The van der Waals surface area contributed by atoms with E-state index in [1.807, 2.05) is 6.92 Å². The number of benzene rings is 2. The van der Waals surface area contributed by atoms with Crippen molar-refractivity contribution in [2.24, 2.45) is 0 Å². The Bertz CT molecular complexity index is 1140. The second-order valence-corrected chi connectivity index (χ2v) is 9.39. The van der Waals surface area contributed by atoms with E-state index >= 15 is 0 Å². The van der Waals surface area contributed by atoms with Gasteiger partial charge in [-0.3, -0.25) is 4.79 Å². The fourth-order valence-corrected chi connectivity index (χ4v) is 4.93. The lowest BCUT2D eigenvalue weighted by atomic mass is 10.2. The number of aryl methyl sites for hydroxylation is 1. The van der Waals surface area contributed by atoms with E-state index in [0.717, 1.165) is 11.3 Å². The minimum atomic E-state index is -3.72. The number of rotatable bonds is 9. The number of nitrogens with zero attached hydrogens (tertiary/aromatic N) is 1. The normalized spacial score (nSPS) is 14.6. The van der Waals surface area contributed by atoms with E-state index in [0.29, 0.717) is 31.1 Å². The van der Waals surface area contributed by atoms with Gasteiger partial charge in [0.05, 0.1) is 24.7 Å². The number of sulfonamides is 1. The maximum atomic E-state index is 13.0. The Morgan fingerprint density at radius 2 is 1.82 bits per heavy atom. The van der Waals surface area contributed by atoms with E-state index in [-0.39, 0.29) is 18.0 Å². The molecular formula is C24H28N2O7S. The van der Waals surface area contributed by atoms with Crippen LogP contribution in [0.2, 0.25) is 0 Å². The first-order chi connectivity index (χ1) is 16.3. The predicted molar refractivity (Wildman–Crippen MR) is 127 cm³/mol. The number of morpholine rings is 1. The molecule has 9 nitrogen and oxygen atoms in total. The van der Waals surface area contributed by atoms with Gasteiger partial charge >= 0.3 is 5.97 Å². The monoisotopic (exact) mass is 488 g/mol. The number of hydrogen-bond donors (Lipinski definition) is 1. The van der Waals surface area contributed by atoms with Crippen molar-refractivity contribution in [2.45, 2.75) is 18.7 Å². The first-order valence-corrected chi connectivity index (χ1v) is 12.3.